The van der Waals surface area contributed by atoms with Gasteiger partial charge in [-0.25, -0.2) is 0 Å². The van der Waals surface area contributed by atoms with E-state index in [9.17, 15) is 4.79 Å². The molecule has 0 N–H and O–H groups in total. The zero-order valence-electron chi connectivity index (χ0n) is 13.8. The maximum absolute atomic E-state index is 13.1. The third-order valence-corrected chi connectivity index (χ3v) is 4.57. The second-order valence-electron chi connectivity index (χ2n) is 6.53. The molecule has 0 aliphatic heterocycles. The van der Waals surface area contributed by atoms with Crippen LogP contribution in [0.3, 0.4) is 0 Å². The van der Waals surface area contributed by atoms with Gasteiger partial charge in [-0.15, -0.1) is 0 Å². The lowest BCUT2D eigenvalue weighted by molar-refractivity contribution is 0.0787. The van der Waals surface area contributed by atoms with Gasteiger partial charge in [0.25, 0.3) is 5.91 Å². The number of para-hydroxylation sites is 1. The first-order valence-corrected chi connectivity index (χ1v) is 8.41. The molecule has 1 fully saturated rings. The number of aromatic nitrogens is 1. The molecule has 0 atom stereocenters. The number of benzene rings is 2. The van der Waals surface area contributed by atoms with Gasteiger partial charge in [-0.2, -0.15) is 0 Å². The highest BCUT2D eigenvalue weighted by molar-refractivity contribution is 6.06. The summed E-state index contributed by atoms with van der Waals surface area (Å²) in [6.07, 6.45) is 2.36. The molecule has 1 aliphatic rings. The summed E-state index contributed by atoms with van der Waals surface area (Å²) in [5.41, 5.74) is 3.87. The number of carbonyl (C=O) groups excluding carboxylic acids is 1. The lowest BCUT2D eigenvalue weighted by Gasteiger charge is -2.19. The summed E-state index contributed by atoms with van der Waals surface area (Å²) < 4.78 is 0. The zero-order chi connectivity index (χ0) is 16.5. The van der Waals surface area contributed by atoms with Gasteiger partial charge in [0.1, 0.15) is 0 Å². The van der Waals surface area contributed by atoms with E-state index < -0.39 is 0 Å². The fourth-order valence-electron chi connectivity index (χ4n) is 3.10. The summed E-state index contributed by atoms with van der Waals surface area (Å²) in [6.45, 7) is 0.606. The van der Waals surface area contributed by atoms with Crippen LogP contribution in [0.1, 0.15) is 40.4 Å². The first-order valence-electron chi connectivity index (χ1n) is 8.41. The van der Waals surface area contributed by atoms with Gasteiger partial charge in [-0.05, 0) is 30.5 Å². The normalized spacial score (nSPS) is 13.9. The number of fused-ring (bicyclic) bond motifs is 1. The first kappa shape index (κ1) is 14.9. The predicted molar refractivity (Wildman–Crippen MR) is 96.0 cm³/mol. The van der Waals surface area contributed by atoms with Crippen LogP contribution >= 0.6 is 0 Å². The van der Waals surface area contributed by atoms with E-state index in [-0.39, 0.29) is 5.91 Å². The first-order chi connectivity index (χ1) is 11.7. The van der Waals surface area contributed by atoms with E-state index >= 15 is 0 Å². The monoisotopic (exact) mass is 316 g/mol. The smallest absolute Gasteiger partial charge is 0.254 e. The van der Waals surface area contributed by atoms with Crippen LogP contribution in [0.15, 0.2) is 60.7 Å². The third kappa shape index (κ3) is 2.90. The number of pyridine rings is 1. The summed E-state index contributed by atoms with van der Waals surface area (Å²) in [7, 11) is 1.86. The van der Waals surface area contributed by atoms with Crippen LogP contribution in [0.5, 0.6) is 0 Å². The minimum atomic E-state index is 0.0550. The molecular weight excluding hydrogens is 296 g/mol. The molecule has 3 nitrogen and oxygen atoms in total. The van der Waals surface area contributed by atoms with Crippen LogP contribution in [0, 0.1) is 0 Å². The van der Waals surface area contributed by atoms with Crippen molar-refractivity contribution < 1.29 is 4.79 Å². The predicted octanol–water partition coefficient (Wildman–Crippen LogP) is 4.38. The van der Waals surface area contributed by atoms with Gasteiger partial charge in [-0.3, -0.25) is 9.78 Å². The molecule has 0 bridgehead atoms. The average Bonchev–Trinajstić information content (AvgIpc) is 3.46. The fraction of sp³-hybridized carbons (Fsp3) is 0.238. The molecule has 3 heteroatoms. The Bertz CT molecular complexity index is 885. The van der Waals surface area contributed by atoms with Gasteiger partial charge in [0.05, 0.1) is 11.1 Å². The van der Waals surface area contributed by atoms with Crippen LogP contribution in [0.4, 0.5) is 0 Å². The molecule has 1 heterocycles. The second-order valence-corrected chi connectivity index (χ2v) is 6.53. The molecule has 2 aromatic carbocycles. The molecule has 1 amide bonds. The van der Waals surface area contributed by atoms with E-state index in [2.05, 4.69) is 0 Å². The Kier molecular flexibility index (Phi) is 3.77. The van der Waals surface area contributed by atoms with E-state index in [0.717, 1.165) is 27.7 Å². The Hall–Kier alpha value is -2.68. The van der Waals surface area contributed by atoms with Crippen molar-refractivity contribution in [3.63, 3.8) is 0 Å². The highest BCUT2D eigenvalue weighted by Gasteiger charge is 2.27. The summed E-state index contributed by atoms with van der Waals surface area (Å²) in [4.78, 5) is 19.6. The minimum absolute atomic E-state index is 0.0550. The summed E-state index contributed by atoms with van der Waals surface area (Å²) in [5, 5.41) is 0.937. The summed E-state index contributed by atoms with van der Waals surface area (Å²) in [5.74, 6) is 0.583. The molecule has 0 spiro atoms. The van der Waals surface area contributed by atoms with Crippen LogP contribution in [0.25, 0.3) is 10.9 Å². The molecular formula is C21H20N2O. The summed E-state index contributed by atoms with van der Waals surface area (Å²) in [6, 6.07) is 20.0. The Morgan fingerprint density at radius 2 is 1.79 bits per heavy atom. The molecule has 120 valence electrons. The van der Waals surface area contributed by atoms with Gasteiger partial charge in [0.15, 0.2) is 0 Å². The van der Waals surface area contributed by atoms with E-state index in [0.29, 0.717) is 12.5 Å². The van der Waals surface area contributed by atoms with Crippen LogP contribution in [-0.4, -0.2) is 22.8 Å². The van der Waals surface area contributed by atoms with Crippen LogP contribution < -0.4 is 0 Å². The van der Waals surface area contributed by atoms with Crippen LogP contribution in [-0.2, 0) is 6.54 Å². The number of hydrogen-bond acceptors (Lipinski definition) is 2. The van der Waals surface area contributed by atoms with Crippen molar-refractivity contribution in [1.29, 1.82) is 0 Å². The van der Waals surface area contributed by atoms with E-state index in [1.54, 1.807) is 4.90 Å². The number of carbonyl (C=O) groups is 1. The molecule has 1 aromatic heterocycles. The maximum atomic E-state index is 13.1. The van der Waals surface area contributed by atoms with Gasteiger partial charge in [0, 0.05) is 30.6 Å². The largest absolute Gasteiger partial charge is 0.337 e. The summed E-state index contributed by atoms with van der Waals surface area (Å²) >= 11 is 0. The van der Waals surface area contributed by atoms with Crippen LogP contribution in [0.2, 0.25) is 0 Å². The van der Waals surface area contributed by atoms with Gasteiger partial charge < -0.3 is 4.90 Å². The molecule has 1 saturated carbocycles. The Morgan fingerprint density at radius 1 is 1.08 bits per heavy atom. The zero-order valence-corrected chi connectivity index (χ0v) is 13.8. The molecule has 3 aromatic rings. The average molecular weight is 316 g/mol. The fourth-order valence-corrected chi connectivity index (χ4v) is 3.10. The molecule has 0 radical (unpaired) electrons. The van der Waals surface area contributed by atoms with E-state index in [1.807, 2.05) is 67.7 Å². The van der Waals surface area contributed by atoms with Gasteiger partial charge >= 0.3 is 0 Å². The Morgan fingerprint density at radius 3 is 2.54 bits per heavy atom. The lowest BCUT2D eigenvalue weighted by Crippen LogP contribution is -2.26. The topological polar surface area (TPSA) is 33.2 Å². The SMILES string of the molecule is CN(Cc1ccccc1)C(=O)c1cc(C2CC2)nc2ccccc12. The third-order valence-electron chi connectivity index (χ3n) is 4.57. The number of amides is 1. The number of rotatable bonds is 4. The van der Waals surface area contributed by atoms with Crippen molar-refractivity contribution in [1.82, 2.24) is 9.88 Å². The molecule has 0 saturated heterocycles. The molecule has 24 heavy (non-hydrogen) atoms. The van der Waals surface area contributed by atoms with Crippen molar-refractivity contribution in [2.45, 2.75) is 25.3 Å². The van der Waals surface area contributed by atoms with Crippen molar-refractivity contribution in [3.8, 4) is 0 Å². The molecule has 4 rings (SSSR count). The standard InChI is InChI=1S/C21H20N2O/c1-23(14-15-7-3-2-4-8-15)21(24)18-13-20(16-11-12-16)22-19-10-6-5-9-17(18)19/h2-10,13,16H,11-12,14H2,1H3. The van der Waals surface area contributed by atoms with Gasteiger partial charge in [-0.1, -0.05) is 48.5 Å². The Labute approximate surface area is 141 Å². The van der Waals surface area contributed by atoms with Crippen molar-refractivity contribution >= 4 is 16.8 Å². The minimum Gasteiger partial charge on any atom is -0.337 e. The van der Waals surface area contributed by atoms with Gasteiger partial charge in [0.2, 0.25) is 0 Å². The number of nitrogens with zero attached hydrogens (tertiary/aromatic N) is 2. The lowest BCUT2D eigenvalue weighted by atomic mass is 10.0. The van der Waals surface area contributed by atoms with Crippen molar-refractivity contribution in [3.05, 3.63) is 77.5 Å². The van der Waals surface area contributed by atoms with Crippen molar-refractivity contribution in [2.24, 2.45) is 0 Å². The molecule has 1 aliphatic carbocycles. The quantitative estimate of drug-likeness (QED) is 0.715. The highest BCUT2D eigenvalue weighted by Crippen LogP contribution is 2.40. The maximum Gasteiger partial charge on any atom is 0.254 e. The van der Waals surface area contributed by atoms with E-state index in [1.165, 1.54) is 12.8 Å². The van der Waals surface area contributed by atoms with E-state index in [4.69, 9.17) is 4.98 Å². The Balaban J connectivity index is 1.70. The number of hydrogen-bond donors (Lipinski definition) is 0. The highest BCUT2D eigenvalue weighted by atomic mass is 16.2. The second kappa shape index (κ2) is 6.08. The molecule has 0 unspecified atom stereocenters. The van der Waals surface area contributed by atoms with Crippen molar-refractivity contribution in [2.75, 3.05) is 7.05 Å².